The standard InChI is InChI=1S/C16H18N4O2/c17-7-3-9-19(10-4-8-18)16(21)13-20-11-12-22-15-6-2-1-5-14(15)20/h1-2,5-6H,3-4,9-13H2. The lowest BCUT2D eigenvalue weighted by Gasteiger charge is -2.32. The molecule has 6 nitrogen and oxygen atoms in total. The van der Waals surface area contributed by atoms with Crippen molar-refractivity contribution in [2.45, 2.75) is 12.8 Å². The van der Waals surface area contributed by atoms with Gasteiger partial charge in [0.15, 0.2) is 0 Å². The number of hydrogen-bond donors (Lipinski definition) is 0. The molecule has 0 unspecified atom stereocenters. The normalized spacial score (nSPS) is 12.5. The topological polar surface area (TPSA) is 80.4 Å². The van der Waals surface area contributed by atoms with Crippen molar-refractivity contribution in [1.82, 2.24) is 4.90 Å². The Labute approximate surface area is 130 Å². The molecule has 0 radical (unpaired) electrons. The Morgan fingerprint density at radius 2 is 1.91 bits per heavy atom. The highest BCUT2D eigenvalue weighted by Crippen LogP contribution is 2.30. The Hall–Kier alpha value is -2.73. The second-order valence-corrected chi connectivity index (χ2v) is 4.93. The fourth-order valence-electron chi connectivity index (χ4n) is 2.39. The summed E-state index contributed by atoms with van der Waals surface area (Å²) in [5.41, 5.74) is 0.905. The molecule has 0 atom stereocenters. The molecule has 1 aromatic carbocycles. The van der Waals surface area contributed by atoms with Crippen molar-refractivity contribution in [3.63, 3.8) is 0 Å². The maximum absolute atomic E-state index is 12.5. The molecule has 1 aliphatic rings. The Morgan fingerprint density at radius 3 is 2.59 bits per heavy atom. The van der Waals surface area contributed by atoms with E-state index in [0.717, 1.165) is 11.4 Å². The number of para-hydroxylation sites is 2. The minimum absolute atomic E-state index is 0.0674. The van der Waals surface area contributed by atoms with Gasteiger partial charge in [0.1, 0.15) is 12.4 Å². The van der Waals surface area contributed by atoms with Crippen LogP contribution in [-0.4, -0.2) is 43.6 Å². The monoisotopic (exact) mass is 298 g/mol. The molecule has 0 fully saturated rings. The molecule has 0 saturated carbocycles. The van der Waals surface area contributed by atoms with Crippen LogP contribution in [0, 0.1) is 22.7 Å². The first-order valence-corrected chi connectivity index (χ1v) is 7.24. The summed E-state index contributed by atoms with van der Waals surface area (Å²) in [6.45, 7) is 2.15. The number of amides is 1. The Kier molecular flexibility index (Phi) is 5.62. The lowest BCUT2D eigenvalue weighted by molar-refractivity contribution is -0.129. The van der Waals surface area contributed by atoms with E-state index < -0.39 is 0 Å². The summed E-state index contributed by atoms with van der Waals surface area (Å²) in [4.78, 5) is 16.0. The number of carbonyl (C=O) groups excluding carboxylic acids is 1. The van der Waals surface area contributed by atoms with Crippen molar-refractivity contribution in [3.05, 3.63) is 24.3 Å². The molecule has 0 N–H and O–H groups in total. The lowest BCUT2D eigenvalue weighted by Crippen LogP contribution is -2.44. The van der Waals surface area contributed by atoms with Crippen LogP contribution in [0.4, 0.5) is 5.69 Å². The van der Waals surface area contributed by atoms with E-state index in [2.05, 4.69) is 0 Å². The number of carbonyl (C=O) groups is 1. The van der Waals surface area contributed by atoms with E-state index in [1.165, 1.54) is 0 Å². The molecule has 1 aromatic rings. The highest BCUT2D eigenvalue weighted by molar-refractivity contribution is 5.82. The number of anilines is 1. The minimum atomic E-state index is -0.0674. The van der Waals surface area contributed by atoms with Gasteiger partial charge in [0, 0.05) is 13.1 Å². The van der Waals surface area contributed by atoms with Crippen molar-refractivity contribution < 1.29 is 9.53 Å². The minimum Gasteiger partial charge on any atom is -0.490 e. The Morgan fingerprint density at radius 1 is 1.23 bits per heavy atom. The van der Waals surface area contributed by atoms with Gasteiger partial charge in [0.25, 0.3) is 0 Å². The van der Waals surface area contributed by atoms with Crippen LogP contribution in [0.5, 0.6) is 5.75 Å². The predicted molar refractivity (Wildman–Crippen MR) is 81.2 cm³/mol. The number of fused-ring (bicyclic) bond motifs is 1. The molecule has 114 valence electrons. The molecule has 6 heteroatoms. The fraction of sp³-hybridized carbons (Fsp3) is 0.438. The maximum atomic E-state index is 12.5. The van der Waals surface area contributed by atoms with Crippen LogP contribution in [0.1, 0.15) is 12.8 Å². The first kappa shape index (κ1) is 15.7. The van der Waals surface area contributed by atoms with Crippen LogP contribution in [0.3, 0.4) is 0 Å². The fourth-order valence-corrected chi connectivity index (χ4v) is 2.39. The van der Waals surface area contributed by atoms with Crippen molar-refractivity contribution in [2.24, 2.45) is 0 Å². The van der Waals surface area contributed by atoms with E-state index >= 15 is 0 Å². The molecular weight excluding hydrogens is 280 g/mol. The van der Waals surface area contributed by atoms with Gasteiger partial charge in [-0.2, -0.15) is 10.5 Å². The van der Waals surface area contributed by atoms with E-state index in [0.29, 0.717) is 26.2 Å². The average molecular weight is 298 g/mol. The third-order valence-electron chi connectivity index (χ3n) is 3.49. The summed E-state index contributed by atoms with van der Waals surface area (Å²) < 4.78 is 5.57. The molecule has 0 spiro atoms. The number of hydrogen-bond acceptors (Lipinski definition) is 5. The molecule has 2 rings (SSSR count). The summed E-state index contributed by atoms with van der Waals surface area (Å²) in [5, 5.41) is 17.4. The zero-order valence-corrected chi connectivity index (χ0v) is 12.4. The van der Waals surface area contributed by atoms with Gasteiger partial charge in [-0.1, -0.05) is 12.1 Å². The van der Waals surface area contributed by atoms with Crippen molar-refractivity contribution in [3.8, 4) is 17.9 Å². The first-order valence-electron chi connectivity index (χ1n) is 7.24. The third kappa shape index (κ3) is 3.89. The zero-order chi connectivity index (χ0) is 15.8. The van der Waals surface area contributed by atoms with Gasteiger partial charge in [-0.15, -0.1) is 0 Å². The highest BCUT2D eigenvalue weighted by atomic mass is 16.5. The predicted octanol–water partition coefficient (Wildman–Crippen LogP) is 1.54. The molecule has 0 bridgehead atoms. The van der Waals surface area contributed by atoms with Gasteiger partial charge < -0.3 is 14.5 Å². The largest absolute Gasteiger partial charge is 0.490 e. The van der Waals surface area contributed by atoms with Crippen LogP contribution in [0.25, 0.3) is 0 Å². The summed E-state index contributed by atoms with van der Waals surface area (Å²) in [6, 6.07) is 11.7. The third-order valence-corrected chi connectivity index (χ3v) is 3.49. The summed E-state index contributed by atoms with van der Waals surface area (Å²) in [6.07, 6.45) is 0.549. The van der Waals surface area contributed by atoms with Crippen molar-refractivity contribution in [2.75, 3.05) is 37.7 Å². The lowest BCUT2D eigenvalue weighted by atomic mass is 10.2. The van der Waals surface area contributed by atoms with Crippen LogP contribution >= 0.6 is 0 Å². The number of rotatable bonds is 6. The molecule has 1 amide bonds. The van der Waals surface area contributed by atoms with Gasteiger partial charge in [-0.05, 0) is 12.1 Å². The number of ether oxygens (including phenoxy) is 1. The zero-order valence-electron chi connectivity index (χ0n) is 12.4. The van der Waals surface area contributed by atoms with Gasteiger partial charge in [-0.25, -0.2) is 0 Å². The maximum Gasteiger partial charge on any atom is 0.242 e. The number of benzene rings is 1. The molecule has 1 heterocycles. The highest BCUT2D eigenvalue weighted by Gasteiger charge is 2.22. The van der Waals surface area contributed by atoms with Gasteiger partial charge in [0.2, 0.25) is 5.91 Å². The van der Waals surface area contributed by atoms with E-state index in [-0.39, 0.29) is 25.3 Å². The molecule has 0 aromatic heterocycles. The van der Waals surface area contributed by atoms with Gasteiger partial charge >= 0.3 is 0 Å². The number of nitrogens with zero attached hydrogens (tertiary/aromatic N) is 4. The van der Waals surface area contributed by atoms with Gasteiger partial charge in [-0.3, -0.25) is 4.79 Å². The smallest absolute Gasteiger partial charge is 0.242 e. The molecule has 0 aliphatic carbocycles. The van der Waals surface area contributed by atoms with E-state index in [4.69, 9.17) is 15.3 Å². The summed E-state index contributed by atoms with van der Waals surface area (Å²) in [7, 11) is 0. The number of nitriles is 2. The van der Waals surface area contributed by atoms with Crippen LogP contribution in [-0.2, 0) is 4.79 Å². The van der Waals surface area contributed by atoms with E-state index in [1.54, 1.807) is 4.90 Å². The van der Waals surface area contributed by atoms with E-state index in [1.807, 2.05) is 41.3 Å². The SMILES string of the molecule is N#CCCN(CCC#N)C(=O)CN1CCOc2ccccc21. The Bertz CT molecular complexity index is 585. The van der Waals surface area contributed by atoms with E-state index in [9.17, 15) is 4.79 Å². The van der Waals surface area contributed by atoms with Crippen LogP contribution < -0.4 is 9.64 Å². The second kappa shape index (κ2) is 7.90. The van der Waals surface area contributed by atoms with Crippen molar-refractivity contribution >= 4 is 11.6 Å². The molecular formula is C16H18N4O2. The molecule has 22 heavy (non-hydrogen) atoms. The van der Waals surface area contributed by atoms with Crippen molar-refractivity contribution in [1.29, 1.82) is 10.5 Å². The van der Waals surface area contributed by atoms with Gasteiger partial charge in [0.05, 0.1) is 43.8 Å². The molecule has 1 aliphatic heterocycles. The summed E-state index contributed by atoms with van der Waals surface area (Å²) >= 11 is 0. The quantitative estimate of drug-likeness (QED) is 0.796. The molecule has 0 saturated heterocycles. The van der Waals surface area contributed by atoms with Crippen LogP contribution in [0.15, 0.2) is 24.3 Å². The second-order valence-electron chi connectivity index (χ2n) is 4.93. The first-order chi connectivity index (χ1) is 10.8. The average Bonchev–Trinajstić information content (AvgIpc) is 2.55. The summed E-state index contributed by atoms with van der Waals surface area (Å²) in [5.74, 6) is 0.712. The Balaban J connectivity index is 2.04. The van der Waals surface area contributed by atoms with Crippen LogP contribution in [0.2, 0.25) is 0 Å².